The van der Waals surface area contributed by atoms with E-state index in [0.717, 1.165) is 14.8 Å². The molecule has 0 aliphatic carbocycles. The molecule has 1 atom stereocenters. The van der Waals surface area contributed by atoms with E-state index < -0.39 is 28.5 Å². The smallest absolute Gasteiger partial charge is 0.264 e. The average molecular weight is 600 g/mol. The number of benzene rings is 3. The molecular formula is C30H37N3O6S2. The van der Waals surface area contributed by atoms with Crippen molar-refractivity contribution in [1.29, 1.82) is 0 Å². The number of hydrogen-bond donors (Lipinski definition) is 1. The maximum atomic E-state index is 14.1. The van der Waals surface area contributed by atoms with E-state index in [0.29, 0.717) is 24.5 Å². The molecule has 220 valence electrons. The van der Waals surface area contributed by atoms with Crippen LogP contribution in [-0.2, 0) is 26.2 Å². The molecular weight excluding hydrogens is 562 g/mol. The first-order valence-electron chi connectivity index (χ1n) is 13.2. The van der Waals surface area contributed by atoms with Crippen molar-refractivity contribution in [3.05, 3.63) is 78.4 Å². The van der Waals surface area contributed by atoms with Crippen LogP contribution < -0.4 is 19.1 Å². The third-order valence-corrected chi connectivity index (χ3v) is 9.00. The summed E-state index contributed by atoms with van der Waals surface area (Å²) in [6, 6.07) is 19.5. The van der Waals surface area contributed by atoms with E-state index in [1.165, 1.54) is 35.8 Å². The number of thioether (sulfide) groups is 1. The lowest BCUT2D eigenvalue weighted by Gasteiger charge is -2.33. The number of likely N-dealkylation sites (N-methyl/N-ethyl adjacent to an activating group) is 1. The number of para-hydroxylation sites is 2. The molecule has 11 heteroatoms. The molecule has 9 nitrogen and oxygen atoms in total. The van der Waals surface area contributed by atoms with Crippen LogP contribution in [0.4, 0.5) is 5.69 Å². The number of methoxy groups -OCH3 is 1. The van der Waals surface area contributed by atoms with Crippen molar-refractivity contribution in [2.24, 2.45) is 0 Å². The van der Waals surface area contributed by atoms with Gasteiger partial charge in [0.15, 0.2) is 0 Å². The third kappa shape index (κ3) is 7.74. The first-order chi connectivity index (χ1) is 19.7. The Balaban J connectivity index is 2.11. The summed E-state index contributed by atoms with van der Waals surface area (Å²) in [5.41, 5.74) is 0.961. The topological polar surface area (TPSA) is 105 Å². The van der Waals surface area contributed by atoms with Gasteiger partial charge in [0.2, 0.25) is 11.8 Å². The zero-order chi connectivity index (χ0) is 30.0. The molecule has 3 aromatic carbocycles. The fourth-order valence-electron chi connectivity index (χ4n) is 4.38. The van der Waals surface area contributed by atoms with Gasteiger partial charge in [-0.25, -0.2) is 8.42 Å². The highest BCUT2D eigenvalue weighted by Crippen LogP contribution is 2.33. The third-order valence-electron chi connectivity index (χ3n) is 6.48. The molecule has 1 N–H and O–H groups in total. The zero-order valence-corrected chi connectivity index (χ0v) is 25.6. The Morgan fingerprint density at radius 2 is 1.71 bits per heavy atom. The van der Waals surface area contributed by atoms with E-state index >= 15 is 0 Å². The Labute approximate surface area is 246 Å². The first kappa shape index (κ1) is 31.8. The van der Waals surface area contributed by atoms with E-state index in [1.807, 2.05) is 12.3 Å². The van der Waals surface area contributed by atoms with Crippen LogP contribution in [0.1, 0.15) is 25.8 Å². The number of sulfonamides is 1. The Bertz CT molecular complexity index is 1430. The Kier molecular flexibility index (Phi) is 11.5. The van der Waals surface area contributed by atoms with Gasteiger partial charge in [-0.05, 0) is 73.7 Å². The minimum Gasteiger partial charge on any atom is -0.497 e. The molecule has 0 fully saturated rings. The summed E-state index contributed by atoms with van der Waals surface area (Å²) in [7, 11) is -1.16. The summed E-state index contributed by atoms with van der Waals surface area (Å²) in [5, 5.41) is 2.63. The van der Waals surface area contributed by atoms with Crippen LogP contribution in [-0.4, -0.2) is 64.7 Å². The monoisotopic (exact) mass is 599 g/mol. The molecule has 0 heterocycles. The Morgan fingerprint density at radius 3 is 2.32 bits per heavy atom. The fraction of sp³-hybridized carbons (Fsp3) is 0.333. The molecule has 3 rings (SSSR count). The van der Waals surface area contributed by atoms with E-state index in [1.54, 1.807) is 75.6 Å². The van der Waals surface area contributed by atoms with Crippen molar-refractivity contribution in [3.63, 3.8) is 0 Å². The molecule has 0 bridgehead atoms. The van der Waals surface area contributed by atoms with Gasteiger partial charge in [-0.1, -0.05) is 31.2 Å². The minimum atomic E-state index is -4.21. The van der Waals surface area contributed by atoms with E-state index in [4.69, 9.17) is 9.47 Å². The second-order valence-corrected chi connectivity index (χ2v) is 11.7. The predicted octanol–water partition coefficient (Wildman–Crippen LogP) is 4.56. The van der Waals surface area contributed by atoms with Crippen LogP contribution in [0.25, 0.3) is 0 Å². The maximum absolute atomic E-state index is 14.1. The highest BCUT2D eigenvalue weighted by molar-refractivity contribution is 7.98. The number of nitrogens with zero attached hydrogens (tertiary/aromatic N) is 2. The molecule has 0 saturated heterocycles. The van der Waals surface area contributed by atoms with Gasteiger partial charge in [0, 0.05) is 18.5 Å². The Morgan fingerprint density at radius 1 is 1.00 bits per heavy atom. The SMILES string of the molecule is CCOc1ccccc1N(CC(=O)N(Cc1cccc(OC)c1)[C@H](CC)C(=O)NC)S(=O)(=O)c1ccc(SC)cc1. The second-order valence-electron chi connectivity index (χ2n) is 9.00. The van der Waals surface area contributed by atoms with Crippen molar-refractivity contribution in [2.75, 3.05) is 37.9 Å². The normalized spacial score (nSPS) is 11.8. The molecule has 2 amide bonds. The number of ether oxygens (including phenoxy) is 2. The van der Waals surface area contributed by atoms with Gasteiger partial charge in [0.05, 0.1) is 24.3 Å². The van der Waals surface area contributed by atoms with Crippen molar-refractivity contribution >= 4 is 39.3 Å². The highest BCUT2D eigenvalue weighted by Gasteiger charge is 2.34. The van der Waals surface area contributed by atoms with Crippen molar-refractivity contribution in [1.82, 2.24) is 10.2 Å². The lowest BCUT2D eigenvalue weighted by Crippen LogP contribution is -2.51. The standard InChI is InChI=1S/C30H37N3O6S2/c1-6-26(30(35)31-3)32(20-22-11-10-12-23(19-22)38-4)29(34)21-33(27-13-8-9-14-28(27)39-7-2)41(36,37)25-17-15-24(40-5)16-18-25/h8-19,26H,6-7,20-21H2,1-5H3,(H,31,35)/t26-/m1/s1. The number of carbonyl (C=O) groups is 2. The summed E-state index contributed by atoms with van der Waals surface area (Å²) in [6.07, 6.45) is 2.23. The number of anilines is 1. The van der Waals surface area contributed by atoms with Crippen LogP contribution in [0, 0.1) is 0 Å². The average Bonchev–Trinajstić information content (AvgIpc) is 3.00. The molecule has 0 unspecified atom stereocenters. The molecule has 0 radical (unpaired) electrons. The van der Waals surface area contributed by atoms with Crippen LogP contribution in [0.15, 0.2) is 82.6 Å². The predicted molar refractivity (Wildman–Crippen MR) is 162 cm³/mol. The highest BCUT2D eigenvalue weighted by atomic mass is 32.2. The van der Waals surface area contributed by atoms with Gasteiger partial charge in [0.25, 0.3) is 10.0 Å². The van der Waals surface area contributed by atoms with Gasteiger partial charge in [-0.3, -0.25) is 13.9 Å². The minimum absolute atomic E-state index is 0.0343. The quantitative estimate of drug-likeness (QED) is 0.271. The number of nitrogens with one attached hydrogen (secondary N) is 1. The Hall–Kier alpha value is -3.70. The number of rotatable bonds is 14. The lowest BCUT2D eigenvalue weighted by atomic mass is 10.1. The molecule has 0 saturated carbocycles. The van der Waals surface area contributed by atoms with Gasteiger partial charge in [-0.2, -0.15) is 0 Å². The van der Waals surface area contributed by atoms with Crippen LogP contribution in [0.2, 0.25) is 0 Å². The largest absolute Gasteiger partial charge is 0.497 e. The van der Waals surface area contributed by atoms with Crippen LogP contribution in [0.5, 0.6) is 11.5 Å². The molecule has 0 aliphatic rings. The fourth-order valence-corrected chi connectivity index (χ4v) is 6.22. The van der Waals surface area contributed by atoms with Gasteiger partial charge < -0.3 is 19.7 Å². The van der Waals surface area contributed by atoms with Gasteiger partial charge in [0.1, 0.15) is 24.1 Å². The van der Waals surface area contributed by atoms with Crippen molar-refractivity contribution < 1.29 is 27.5 Å². The number of amides is 2. The maximum Gasteiger partial charge on any atom is 0.264 e. The van der Waals surface area contributed by atoms with Gasteiger partial charge in [-0.15, -0.1) is 11.8 Å². The molecule has 0 spiro atoms. The summed E-state index contributed by atoms with van der Waals surface area (Å²) >= 11 is 1.49. The van der Waals surface area contributed by atoms with E-state index in [-0.39, 0.29) is 23.0 Å². The molecule has 41 heavy (non-hydrogen) atoms. The van der Waals surface area contributed by atoms with Crippen LogP contribution >= 0.6 is 11.8 Å². The summed E-state index contributed by atoms with van der Waals surface area (Å²) < 4.78 is 40.4. The lowest BCUT2D eigenvalue weighted by molar-refractivity contribution is -0.140. The zero-order valence-electron chi connectivity index (χ0n) is 24.0. The van der Waals surface area contributed by atoms with Crippen molar-refractivity contribution in [3.8, 4) is 11.5 Å². The van der Waals surface area contributed by atoms with Crippen LogP contribution in [0.3, 0.4) is 0 Å². The van der Waals surface area contributed by atoms with Gasteiger partial charge >= 0.3 is 0 Å². The van der Waals surface area contributed by atoms with E-state index in [9.17, 15) is 18.0 Å². The molecule has 3 aromatic rings. The van der Waals surface area contributed by atoms with E-state index in [2.05, 4.69) is 5.32 Å². The van der Waals surface area contributed by atoms with Crippen molar-refractivity contribution in [2.45, 2.75) is 42.6 Å². The molecule has 0 aliphatic heterocycles. The first-order valence-corrected chi connectivity index (χ1v) is 15.9. The summed E-state index contributed by atoms with van der Waals surface area (Å²) in [5.74, 6) is 0.0376. The summed E-state index contributed by atoms with van der Waals surface area (Å²) in [4.78, 5) is 29.4. The number of hydrogen-bond acceptors (Lipinski definition) is 7. The number of carbonyl (C=O) groups excluding carboxylic acids is 2. The summed E-state index contributed by atoms with van der Waals surface area (Å²) in [6.45, 7) is 3.43. The molecule has 0 aromatic heterocycles. The second kappa shape index (κ2) is 14.8.